The fourth-order valence-electron chi connectivity index (χ4n) is 2.43. The molecule has 27 heavy (non-hydrogen) atoms. The van der Waals surface area contributed by atoms with Gasteiger partial charge in [-0.2, -0.15) is 0 Å². The summed E-state index contributed by atoms with van der Waals surface area (Å²) in [7, 11) is 1.25. The monoisotopic (exact) mass is 392 g/mol. The first-order chi connectivity index (χ1) is 12.8. The molecule has 0 aliphatic carbocycles. The number of amides is 2. The van der Waals surface area contributed by atoms with Crippen molar-refractivity contribution < 1.29 is 23.5 Å². The smallest absolute Gasteiger partial charge is 0.337 e. The molecule has 6 nitrogen and oxygen atoms in total. The van der Waals surface area contributed by atoms with Crippen molar-refractivity contribution in [2.75, 3.05) is 25.1 Å². The summed E-state index contributed by atoms with van der Waals surface area (Å²) in [6, 6.07) is 10.00. The van der Waals surface area contributed by atoms with E-state index in [-0.39, 0.29) is 35.1 Å². The molecule has 2 amide bonds. The number of nitrogens with zero attached hydrogens (tertiary/aromatic N) is 1. The Hall–Kier alpha value is -2.93. The molecule has 0 saturated carbocycles. The first-order valence-electron chi connectivity index (χ1n) is 8.04. The van der Waals surface area contributed by atoms with Crippen molar-refractivity contribution >= 4 is 35.1 Å². The van der Waals surface area contributed by atoms with E-state index in [1.807, 2.05) is 0 Å². The summed E-state index contributed by atoms with van der Waals surface area (Å²) < 4.78 is 18.3. The molecule has 0 unspecified atom stereocenters. The van der Waals surface area contributed by atoms with Crippen LogP contribution in [-0.4, -0.2) is 38.0 Å². The lowest BCUT2D eigenvalue weighted by Crippen LogP contribution is -2.38. The van der Waals surface area contributed by atoms with E-state index in [1.165, 1.54) is 55.3 Å². The van der Waals surface area contributed by atoms with Crippen molar-refractivity contribution in [3.63, 3.8) is 0 Å². The molecular weight excluding hydrogens is 375 g/mol. The summed E-state index contributed by atoms with van der Waals surface area (Å²) in [5, 5.41) is 2.82. The van der Waals surface area contributed by atoms with Gasteiger partial charge in [0.15, 0.2) is 0 Å². The van der Waals surface area contributed by atoms with E-state index in [2.05, 4.69) is 10.1 Å². The van der Waals surface area contributed by atoms with Crippen LogP contribution in [0.3, 0.4) is 0 Å². The average Bonchev–Trinajstić information content (AvgIpc) is 2.65. The summed E-state index contributed by atoms with van der Waals surface area (Å²) in [6.45, 7) is 1.48. The lowest BCUT2D eigenvalue weighted by Gasteiger charge is -2.23. The van der Waals surface area contributed by atoms with Crippen LogP contribution in [-0.2, 0) is 9.53 Å². The maximum Gasteiger partial charge on any atom is 0.337 e. The lowest BCUT2D eigenvalue weighted by atomic mass is 10.1. The summed E-state index contributed by atoms with van der Waals surface area (Å²) in [5.41, 5.74) is 0.461. The van der Waals surface area contributed by atoms with Crippen LogP contribution >= 0.6 is 11.6 Å². The normalized spacial score (nSPS) is 10.2. The third-order valence-corrected chi connectivity index (χ3v) is 4.10. The maximum absolute atomic E-state index is 13.6. The Kier molecular flexibility index (Phi) is 6.90. The van der Waals surface area contributed by atoms with E-state index in [1.54, 1.807) is 6.07 Å². The van der Waals surface area contributed by atoms with Crippen LogP contribution in [0.15, 0.2) is 42.5 Å². The van der Waals surface area contributed by atoms with Gasteiger partial charge < -0.3 is 15.0 Å². The minimum atomic E-state index is -0.632. The Morgan fingerprint density at radius 2 is 1.89 bits per heavy atom. The van der Waals surface area contributed by atoms with Crippen LogP contribution in [0, 0.1) is 5.82 Å². The van der Waals surface area contributed by atoms with Gasteiger partial charge in [0, 0.05) is 20.0 Å². The van der Waals surface area contributed by atoms with Crippen LogP contribution in [0.4, 0.5) is 10.1 Å². The molecule has 0 bridgehead atoms. The molecular formula is C19H18ClFN2O4. The van der Waals surface area contributed by atoms with Gasteiger partial charge in [0.05, 0.1) is 28.9 Å². The fourth-order valence-corrected chi connectivity index (χ4v) is 2.65. The largest absolute Gasteiger partial charge is 0.465 e. The zero-order chi connectivity index (χ0) is 20.0. The van der Waals surface area contributed by atoms with Gasteiger partial charge in [0.2, 0.25) is 5.91 Å². The molecule has 0 aromatic heterocycles. The van der Waals surface area contributed by atoms with Crippen LogP contribution in [0.25, 0.3) is 0 Å². The molecule has 0 atom stereocenters. The van der Waals surface area contributed by atoms with Crippen molar-refractivity contribution in [3.8, 4) is 0 Å². The molecule has 2 rings (SSSR count). The number of benzene rings is 2. The number of nitrogens with one attached hydrogen (secondary N) is 1. The van der Waals surface area contributed by atoms with Gasteiger partial charge in [0.1, 0.15) is 5.82 Å². The Bertz CT molecular complexity index is 873. The molecule has 0 fully saturated rings. The van der Waals surface area contributed by atoms with Gasteiger partial charge in [-0.25, -0.2) is 9.18 Å². The second kappa shape index (κ2) is 9.14. The van der Waals surface area contributed by atoms with E-state index in [4.69, 9.17) is 11.6 Å². The van der Waals surface area contributed by atoms with Crippen molar-refractivity contribution in [2.24, 2.45) is 0 Å². The average molecular weight is 393 g/mol. The summed E-state index contributed by atoms with van der Waals surface area (Å²) in [4.78, 5) is 37.1. The Morgan fingerprint density at radius 1 is 1.19 bits per heavy atom. The first kappa shape index (κ1) is 20.4. The first-order valence-corrected chi connectivity index (χ1v) is 8.41. The summed E-state index contributed by atoms with van der Waals surface area (Å²) in [6.07, 6.45) is 0. The third-order valence-electron chi connectivity index (χ3n) is 3.78. The Labute approximate surface area is 160 Å². The van der Waals surface area contributed by atoms with Gasteiger partial charge in [0.25, 0.3) is 5.91 Å². The standard InChI is InChI=1S/C19H18ClFN2O4/c1-12(24)23(17-11-13(19(26)27-2)7-8-15(17)20)10-9-22-18(25)14-5-3-4-6-16(14)21/h3-8,11H,9-10H2,1-2H3,(H,22,25). The minimum Gasteiger partial charge on any atom is -0.465 e. The van der Waals surface area contributed by atoms with E-state index < -0.39 is 17.7 Å². The summed E-state index contributed by atoms with van der Waals surface area (Å²) >= 11 is 6.16. The highest BCUT2D eigenvalue weighted by atomic mass is 35.5. The minimum absolute atomic E-state index is 0.0610. The van der Waals surface area contributed by atoms with Crippen molar-refractivity contribution in [1.82, 2.24) is 5.32 Å². The molecule has 0 radical (unpaired) electrons. The predicted octanol–water partition coefficient (Wildman–Crippen LogP) is 3.05. The molecule has 1 N–H and O–H groups in total. The number of ether oxygens (including phenoxy) is 1. The number of anilines is 1. The molecule has 0 aliphatic heterocycles. The Balaban J connectivity index is 2.13. The third kappa shape index (κ3) is 5.04. The van der Waals surface area contributed by atoms with Gasteiger partial charge >= 0.3 is 5.97 Å². The highest BCUT2D eigenvalue weighted by Crippen LogP contribution is 2.27. The number of hydrogen-bond acceptors (Lipinski definition) is 4. The van der Waals surface area contributed by atoms with Crippen molar-refractivity contribution in [1.29, 1.82) is 0 Å². The van der Waals surface area contributed by atoms with Crippen LogP contribution in [0.5, 0.6) is 0 Å². The highest BCUT2D eigenvalue weighted by Gasteiger charge is 2.18. The topological polar surface area (TPSA) is 75.7 Å². The molecule has 0 saturated heterocycles. The van der Waals surface area contributed by atoms with Gasteiger partial charge in [-0.3, -0.25) is 9.59 Å². The van der Waals surface area contributed by atoms with Crippen LogP contribution in [0.2, 0.25) is 5.02 Å². The van der Waals surface area contributed by atoms with Crippen LogP contribution in [0.1, 0.15) is 27.6 Å². The SMILES string of the molecule is COC(=O)c1ccc(Cl)c(N(CCNC(=O)c2ccccc2F)C(C)=O)c1. The number of esters is 1. The number of hydrogen-bond donors (Lipinski definition) is 1. The zero-order valence-electron chi connectivity index (χ0n) is 14.8. The number of methoxy groups -OCH3 is 1. The highest BCUT2D eigenvalue weighted by molar-refractivity contribution is 6.34. The maximum atomic E-state index is 13.6. The lowest BCUT2D eigenvalue weighted by molar-refractivity contribution is -0.116. The number of carbonyl (C=O) groups excluding carboxylic acids is 3. The second-order valence-electron chi connectivity index (χ2n) is 5.56. The predicted molar refractivity (Wildman–Crippen MR) is 99.6 cm³/mol. The van der Waals surface area contributed by atoms with E-state index in [0.29, 0.717) is 5.69 Å². The second-order valence-corrected chi connectivity index (χ2v) is 5.97. The van der Waals surface area contributed by atoms with E-state index >= 15 is 0 Å². The molecule has 142 valence electrons. The van der Waals surface area contributed by atoms with E-state index in [9.17, 15) is 18.8 Å². The molecule has 2 aromatic carbocycles. The summed E-state index contributed by atoms with van der Waals surface area (Å²) in [5.74, 6) is -2.12. The van der Waals surface area contributed by atoms with E-state index in [0.717, 1.165) is 0 Å². The quantitative estimate of drug-likeness (QED) is 0.767. The Morgan fingerprint density at radius 3 is 2.52 bits per heavy atom. The fraction of sp³-hybridized carbons (Fsp3) is 0.211. The zero-order valence-corrected chi connectivity index (χ0v) is 15.5. The van der Waals surface area contributed by atoms with Crippen molar-refractivity contribution in [2.45, 2.75) is 6.92 Å². The molecule has 2 aromatic rings. The van der Waals surface area contributed by atoms with Crippen LogP contribution < -0.4 is 10.2 Å². The number of rotatable bonds is 6. The molecule has 0 spiro atoms. The van der Waals surface area contributed by atoms with Gasteiger partial charge in [-0.15, -0.1) is 0 Å². The van der Waals surface area contributed by atoms with Gasteiger partial charge in [-0.05, 0) is 30.3 Å². The molecule has 8 heteroatoms. The molecule has 0 aliphatic rings. The molecule has 0 heterocycles. The number of carbonyl (C=O) groups is 3. The van der Waals surface area contributed by atoms with Crippen molar-refractivity contribution in [3.05, 3.63) is 64.4 Å². The number of halogens is 2. The van der Waals surface area contributed by atoms with Gasteiger partial charge in [-0.1, -0.05) is 23.7 Å².